The van der Waals surface area contributed by atoms with Crippen LogP contribution in [0.25, 0.3) is 0 Å². The fraction of sp³-hybridized carbons (Fsp3) is 0.600. The van der Waals surface area contributed by atoms with E-state index in [1.807, 2.05) is 13.0 Å². The molecule has 1 aliphatic heterocycles. The van der Waals surface area contributed by atoms with Gasteiger partial charge in [0.2, 0.25) is 0 Å². The monoisotopic (exact) mass is 312 g/mol. The number of methoxy groups -OCH3 is 1. The van der Waals surface area contributed by atoms with Gasteiger partial charge in [-0.05, 0) is 36.6 Å². The zero-order valence-electron chi connectivity index (χ0n) is 13.0. The Morgan fingerprint density at radius 1 is 1.29 bits per heavy atom. The zero-order valence-corrected chi connectivity index (χ0v) is 13.8. The van der Waals surface area contributed by atoms with Gasteiger partial charge in [0.25, 0.3) is 0 Å². The Morgan fingerprint density at radius 2 is 1.95 bits per heavy atom. The lowest BCUT2D eigenvalue weighted by Crippen LogP contribution is -2.44. The molecule has 1 aliphatic rings. The molecule has 118 valence electrons. The van der Waals surface area contributed by atoms with Crippen LogP contribution in [0.3, 0.4) is 0 Å². The highest BCUT2D eigenvalue weighted by molar-refractivity contribution is 7.90. The maximum Gasteiger partial charge on any atom is 0.175 e. The van der Waals surface area contributed by atoms with Gasteiger partial charge in [-0.2, -0.15) is 0 Å². The van der Waals surface area contributed by atoms with Gasteiger partial charge < -0.3 is 15.0 Å². The first kappa shape index (κ1) is 16.3. The predicted molar refractivity (Wildman–Crippen MR) is 83.9 cm³/mol. The number of piperazine rings is 1. The molecule has 1 aromatic carbocycles. The molecule has 0 bridgehead atoms. The second-order valence-corrected chi connectivity index (χ2v) is 7.53. The van der Waals surface area contributed by atoms with Gasteiger partial charge in [0.1, 0.15) is 5.75 Å². The molecule has 1 saturated heterocycles. The van der Waals surface area contributed by atoms with Crippen LogP contribution in [0.2, 0.25) is 0 Å². The second kappa shape index (κ2) is 6.77. The Kier molecular flexibility index (Phi) is 5.24. The first-order chi connectivity index (χ1) is 9.91. The van der Waals surface area contributed by atoms with Crippen LogP contribution >= 0.6 is 0 Å². The summed E-state index contributed by atoms with van der Waals surface area (Å²) in [6, 6.07) is 3.59. The molecule has 0 saturated carbocycles. The third-order valence-corrected chi connectivity index (χ3v) is 5.06. The Balaban J connectivity index is 2.23. The molecule has 0 amide bonds. The fourth-order valence-electron chi connectivity index (χ4n) is 2.68. The molecule has 1 aromatic rings. The molecule has 0 spiro atoms. The highest BCUT2D eigenvalue weighted by Crippen LogP contribution is 2.26. The van der Waals surface area contributed by atoms with Crippen LogP contribution in [-0.2, 0) is 16.3 Å². The minimum Gasteiger partial charge on any atom is -0.496 e. The molecule has 5 nitrogen and oxygen atoms in total. The standard InChI is InChI=1S/C15H24N2O3S/c1-12-10-15(21(3,18)19)13(11-14(12)20-2)4-7-17-8-5-16-6-9-17/h10-11,16H,4-9H2,1-3H3. The van der Waals surface area contributed by atoms with E-state index in [2.05, 4.69) is 10.2 Å². The number of nitrogens with one attached hydrogen (secondary N) is 1. The van der Waals surface area contributed by atoms with Crippen molar-refractivity contribution in [2.75, 3.05) is 46.1 Å². The van der Waals surface area contributed by atoms with Crippen molar-refractivity contribution < 1.29 is 13.2 Å². The summed E-state index contributed by atoms with van der Waals surface area (Å²) in [5.41, 5.74) is 1.70. The van der Waals surface area contributed by atoms with Gasteiger partial charge in [0.05, 0.1) is 12.0 Å². The first-order valence-corrected chi connectivity index (χ1v) is 9.11. The van der Waals surface area contributed by atoms with E-state index in [9.17, 15) is 8.42 Å². The van der Waals surface area contributed by atoms with Gasteiger partial charge in [0, 0.05) is 39.0 Å². The first-order valence-electron chi connectivity index (χ1n) is 7.22. The predicted octanol–water partition coefficient (Wildman–Crippen LogP) is 0.855. The number of rotatable bonds is 5. The average Bonchev–Trinajstić information content (AvgIpc) is 2.45. The molecular weight excluding hydrogens is 288 g/mol. The highest BCUT2D eigenvalue weighted by Gasteiger charge is 2.17. The molecule has 21 heavy (non-hydrogen) atoms. The largest absolute Gasteiger partial charge is 0.496 e. The second-order valence-electron chi connectivity index (χ2n) is 5.54. The number of sulfone groups is 1. The number of aryl methyl sites for hydroxylation is 1. The maximum atomic E-state index is 12.0. The Bertz CT molecular complexity index is 593. The Morgan fingerprint density at radius 3 is 2.52 bits per heavy atom. The number of ether oxygens (including phenoxy) is 1. The van der Waals surface area contributed by atoms with Gasteiger partial charge in [-0.25, -0.2) is 8.42 Å². The molecule has 1 heterocycles. The van der Waals surface area contributed by atoms with E-state index in [0.29, 0.717) is 4.90 Å². The smallest absolute Gasteiger partial charge is 0.175 e. The fourth-order valence-corrected chi connectivity index (χ4v) is 3.71. The van der Waals surface area contributed by atoms with Gasteiger partial charge in [-0.1, -0.05) is 0 Å². The molecular formula is C15H24N2O3S. The number of hydrogen-bond acceptors (Lipinski definition) is 5. The number of nitrogens with zero attached hydrogens (tertiary/aromatic N) is 1. The van der Waals surface area contributed by atoms with Gasteiger partial charge in [0.15, 0.2) is 9.84 Å². The van der Waals surface area contributed by atoms with E-state index in [-0.39, 0.29) is 0 Å². The van der Waals surface area contributed by atoms with Crippen LogP contribution in [-0.4, -0.2) is 59.4 Å². The molecule has 0 aliphatic carbocycles. The lowest BCUT2D eigenvalue weighted by Gasteiger charge is -2.27. The molecule has 2 rings (SSSR count). The third kappa shape index (κ3) is 4.18. The summed E-state index contributed by atoms with van der Waals surface area (Å²) in [6.07, 6.45) is 1.99. The minimum atomic E-state index is -3.22. The average molecular weight is 312 g/mol. The normalized spacial score (nSPS) is 16.9. The molecule has 0 radical (unpaired) electrons. The lowest BCUT2D eigenvalue weighted by molar-refractivity contribution is 0.243. The van der Waals surface area contributed by atoms with Gasteiger partial charge in [-0.3, -0.25) is 0 Å². The van der Waals surface area contributed by atoms with Crippen molar-refractivity contribution in [3.8, 4) is 5.75 Å². The van der Waals surface area contributed by atoms with E-state index in [4.69, 9.17) is 4.74 Å². The van der Waals surface area contributed by atoms with Crippen LogP contribution in [0.15, 0.2) is 17.0 Å². The van der Waals surface area contributed by atoms with E-state index < -0.39 is 9.84 Å². The van der Waals surface area contributed by atoms with Crippen molar-refractivity contribution in [3.63, 3.8) is 0 Å². The zero-order chi connectivity index (χ0) is 15.5. The lowest BCUT2D eigenvalue weighted by atomic mass is 10.1. The van der Waals surface area contributed by atoms with E-state index in [1.54, 1.807) is 13.2 Å². The van der Waals surface area contributed by atoms with Crippen LogP contribution in [0.1, 0.15) is 11.1 Å². The number of benzene rings is 1. The molecule has 1 fully saturated rings. The summed E-state index contributed by atoms with van der Waals surface area (Å²) < 4.78 is 29.3. The topological polar surface area (TPSA) is 58.6 Å². The summed E-state index contributed by atoms with van der Waals surface area (Å²) in [5, 5.41) is 3.32. The highest BCUT2D eigenvalue weighted by atomic mass is 32.2. The molecule has 1 N–H and O–H groups in total. The van der Waals surface area contributed by atoms with Crippen LogP contribution in [0.4, 0.5) is 0 Å². The van der Waals surface area contributed by atoms with Crippen molar-refractivity contribution in [1.82, 2.24) is 10.2 Å². The van der Waals surface area contributed by atoms with E-state index in [1.165, 1.54) is 6.26 Å². The quantitative estimate of drug-likeness (QED) is 0.874. The van der Waals surface area contributed by atoms with Crippen molar-refractivity contribution >= 4 is 9.84 Å². The third-order valence-electron chi connectivity index (χ3n) is 3.88. The summed E-state index contributed by atoms with van der Waals surface area (Å²) >= 11 is 0. The van der Waals surface area contributed by atoms with Crippen molar-refractivity contribution in [3.05, 3.63) is 23.3 Å². The van der Waals surface area contributed by atoms with Gasteiger partial charge >= 0.3 is 0 Å². The van der Waals surface area contributed by atoms with Crippen molar-refractivity contribution in [2.24, 2.45) is 0 Å². The maximum absolute atomic E-state index is 12.0. The van der Waals surface area contributed by atoms with Crippen molar-refractivity contribution in [2.45, 2.75) is 18.2 Å². The summed E-state index contributed by atoms with van der Waals surface area (Å²) in [6.45, 7) is 6.75. The summed E-state index contributed by atoms with van der Waals surface area (Å²) in [7, 11) is -1.61. The summed E-state index contributed by atoms with van der Waals surface area (Å²) in [5.74, 6) is 0.748. The Hall–Kier alpha value is -1.11. The van der Waals surface area contributed by atoms with E-state index >= 15 is 0 Å². The van der Waals surface area contributed by atoms with E-state index in [0.717, 1.165) is 56.0 Å². The van der Waals surface area contributed by atoms with Crippen molar-refractivity contribution in [1.29, 1.82) is 0 Å². The minimum absolute atomic E-state index is 0.427. The van der Waals surface area contributed by atoms with Crippen LogP contribution in [0, 0.1) is 6.92 Å². The van der Waals surface area contributed by atoms with Crippen LogP contribution in [0.5, 0.6) is 5.75 Å². The molecule has 0 aromatic heterocycles. The van der Waals surface area contributed by atoms with Gasteiger partial charge in [-0.15, -0.1) is 0 Å². The SMILES string of the molecule is COc1cc(CCN2CCNCC2)c(S(C)(=O)=O)cc1C. The number of hydrogen-bond donors (Lipinski definition) is 1. The Labute approximate surface area is 127 Å². The molecule has 0 atom stereocenters. The summed E-state index contributed by atoms with van der Waals surface area (Å²) in [4.78, 5) is 2.78. The molecule has 0 unspecified atom stereocenters. The van der Waals surface area contributed by atoms with Crippen LogP contribution < -0.4 is 10.1 Å². The molecule has 6 heteroatoms.